The third-order valence-electron chi connectivity index (χ3n) is 9.56. The van der Waals surface area contributed by atoms with E-state index in [-0.39, 0.29) is 58.8 Å². The Morgan fingerprint density at radius 3 is 1.74 bits per heavy atom. The highest BCUT2D eigenvalue weighted by Gasteiger charge is 2.33. The molecule has 310 valence electrons. The Morgan fingerprint density at radius 1 is 0.741 bits per heavy atom. The van der Waals surface area contributed by atoms with Gasteiger partial charge in [-0.1, -0.05) is 12.1 Å². The maximum Gasteiger partial charge on any atom is 0.325 e. The lowest BCUT2D eigenvalue weighted by Crippen LogP contribution is -2.59. The number of hydrogen-bond donors (Lipinski definition) is 5. The van der Waals surface area contributed by atoms with Gasteiger partial charge in [0.15, 0.2) is 6.29 Å². The van der Waals surface area contributed by atoms with Gasteiger partial charge in [0.05, 0.1) is 64.8 Å². The van der Waals surface area contributed by atoms with Crippen LogP contribution in [-0.2, 0) is 39.8 Å². The number of aliphatic hydroxyl groups excluding tert-OH is 4. The van der Waals surface area contributed by atoms with Crippen LogP contribution < -0.4 is 9.84 Å². The van der Waals surface area contributed by atoms with E-state index >= 15 is 0 Å². The number of aliphatic carboxylic acids is 2. The average molecular weight is 774 g/mol. The Kier molecular flexibility index (Phi) is 23.3. The molecule has 1 aromatic rings. The normalized spacial score (nSPS) is 18.8. The minimum absolute atomic E-state index is 0.0207. The van der Waals surface area contributed by atoms with Crippen LogP contribution >= 0.6 is 0 Å². The predicted molar refractivity (Wildman–Crippen MR) is 193 cm³/mol. The van der Waals surface area contributed by atoms with Crippen molar-refractivity contribution in [2.45, 2.75) is 56.6 Å². The van der Waals surface area contributed by atoms with Crippen LogP contribution in [0.5, 0.6) is 5.75 Å². The van der Waals surface area contributed by atoms with Crippen LogP contribution in [0.1, 0.15) is 25.3 Å². The first kappa shape index (κ1) is 47.1. The number of aryl methyl sites for hydroxylation is 1. The third-order valence-corrected chi connectivity index (χ3v) is 9.56. The summed E-state index contributed by atoms with van der Waals surface area (Å²) in [6.45, 7) is 3.19. The van der Waals surface area contributed by atoms with Gasteiger partial charge >= 0.3 is 11.9 Å². The van der Waals surface area contributed by atoms with Crippen molar-refractivity contribution in [1.82, 2.24) is 19.6 Å². The van der Waals surface area contributed by atoms with Crippen LogP contribution in [-0.4, -0.2) is 213 Å². The lowest BCUT2D eigenvalue weighted by Gasteiger charge is -2.41. The molecule has 0 amide bonds. The third kappa shape index (κ3) is 16.0. The van der Waals surface area contributed by atoms with Gasteiger partial charge in [-0.05, 0) is 43.9 Å². The first-order valence-electron chi connectivity index (χ1n) is 18.4. The molecule has 1 aliphatic heterocycles. The molecule has 1 unspecified atom stereocenters. The minimum Gasteiger partial charge on any atom is -0.548 e. The van der Waals surface area contributed by atoms with Crippen molar-refractivity contribution in [1.29, 1.82) is 0 Å². The minimum atomic E-state index is -1.51. The molecule has 0 bridgehead atoms. The maximum atomic E-state index is 12.8. The van der Waals surface area contributed by atoms with E-state index in [9.17, 15) is 45.0 Å². The van der Waals surface area contributed by atoms with E-state index in [1.54, 1.807) is 14.7 Å². The zero-order valence-corrected chi connectivity index (χ0v) is 31.8. The summed E-state index contributed by atoms with van der Waals surface area (Å²) in [4.78, 5) is 44.1. The summed E-state index contributed by atoms with van der Waals surface area (Å²) >= 11 is 0. The Morgan fingerprint density at radius 2 is 1.26 bits per heavy atom. The molecular weight excluding hydrogens is 712 g/mol. The molecule has 1 fully saturated rings. The second-order valence-corrected chi connectivity index (χ2v) is 12.8. The number of aliphatic hydroxyl groups is 4. The average Bonchev–Trinajstić information content (AvgIpc) is 3.16. The molecule has 1 aliphatic rings. The monoisotopic (exact) mass is 773 g/mol. The van der Waals surface area contributed by atoms with E-state index in [4.69, 9.17) is 23.7 Å². The van der Waals surface area contributed by atoms with Gasteiger partial charge in [-0.15, -0.1) is 0 Å². The van der Waals surface area contributed by atoms with Crippen molar-refractivity contribution in [3.8, 4) is 5.75 Å². The van der Waals surface area contributed by atoms with Crippen molar-refractivity contribution in [2.24, 2.45) is 0 Å². The molecule has 0 aromatic heterocycles. The highest BCUT2D eigenvalue weighted by Crippen LogP contribution is 2.18. The summed E-state index contributed by atoms with van der Waals surface area (Å²) in [6.07, 6.45) is -0.0720. The molecule has 5 N–H and O–H groups in total. The SMILES string of the molecule is CCOCCOCCOc1ccc(CCC[C@@H](C(=O)O)N2CCN([C@@H](CO)C(=O)[O-])CCN([C@@H](CO)C(O)OC)CCN([C@@H](CO)C(=O)OC)CC2)cc1. The van der Waals surface area contributed by atoms with Crippen molar-refractivity contribution in [2.75, 3.05) is 119 Å². The molecule has 0 spiro atoms. The number of esters is 1. The fourth-order valence-electron chi connectivity index (χ4n) is 6.40. The second-order valence-electron chi connectivity index (χ2n) is 12.8. The van der Waals surface area contributed by atoms with E-state index in [1.165, 1.54) is 19.1 Å². The Balaban J connectivity index is 2.26. The Bertz CT molecular complexity index is 1200. The van der Waals surface area contributed by atoms with Gasteiger partial charge in [0.25, 0.3) is 0 Å². The van der Waals surface area contributed by atoms with Crippen molar-refractivity contribution < 1.29 is 68.7 Å². The molecule has 2 rings (SSSR count). The number of benzene rings is 1. The van der Waals surface area contributed by atoms with Crippen LogP contribution in [0, 0.1) is 0 Å². The van der Waals surface area contributed by atoms with Crippen LogP contribution in [0.25, 0.3) is 0 Å². The van der Waals surface area contributed by atoms with E-state index in [1.807, 2.05) is 31.2 Å². The van der Waals surface area contributed by atoms with Crippen LogP contribution in [0.3, 0.4) is 0 Å². The molecule has 54 heavy (non-hydrogen) atoms. The van der Waals surface area contributed by atoms with Gasteiger partial charge < -0.3 is 59.1 Å². The zero-order valence-electron chi connectivity index (χ0n) is 31.8. The quantitative estimate of drug-likeness (QED) is 0.0402. The van der Waals surface area contributed by atoms with Gasteiger partial charge in [-0.2, -0.15) is 0 Å². The van der Waals surface area contributed by atoms with E-state index in [0.717, 1.165) is 5.56 Å². The number of methoxy groups -OCH3 is 2. The number of carbonyl (C=O) groups is 3. The highest BCUT2D eigenvalue weighted by atomic mass is 16.6. The summed E-state index contributed by atoms with van der Waals surface area (Å²) in [6, 6.07) is 3.10. The topological polar surface area (TPSA) is 235 Å². The smallest absolute Gasteiger partial charge is 0.325 e. The van der Waals surface area contributed by atoms with Gasteiger partial charge in [-0.3, -0.25) is 29.2 Å². The van der Waals surface area contributed by atoms with Gasteiger partial charge in [0.1, 0.15) is 24.4 Å². The van der Waals surface area contributed by atoms with Crippen molar-refractivity contribution in [3.63, 3.8) is 0 Å². The van der Waals surface area contributed by atoms with Crippen LogP contribution in [0.4, 0.5) is 0 Å². The van der Waals surface area contributed by atoms with E-state index in [0.29, 0.717) is 51.6 Å². The molecule has 0 radical (unpaired) electrons. The van der Waals surface area contributed by atoms with Crippen LogP contribution in [0.15, 0.2) is 24.3 Å². The molecular formula is C36H61N4O14-. The predicted octanol–water partition coefficient (Wildman–Crippen LogP) is -2.91. The first-order chi connectivity index (χ1) is 26.0. The fraction of sp³-hybridized carbons (Fsp3) is 0.750. The standard InChI is InChI=1S/C36H62N4O14/c1-4-52-20-21-53-22-23-54-28-10-8-27(9-11-28)6-5-7-29(33(44)45)37-12-14-38(30(24-41)34(46)47)15-17-40(32(26-43)36(49)51-3)19-18-39(16-13-37)31(25-42)35(48)50-2/h8-11,29-32,36,41-43,49H,4-7,12-26H2,1-3H3,(H,44,45)(H,46,47)/p-1/t29-,30-,31-,32-,36?/m0/s1. The number of rotatable bonds is 24. The number of carboxylic acids is 2. The summed E-state index contributed by atoms with van der Waals surface area (Å²) in [5.74, 6) is -2.60. The molecule has 0 aliphatic carbocycles. The van der Waals surface area contributed by atoms with Gasteiger partial charge in [0.2, 0.25) is 0 Å². The van der Waals surface area contributed by atoms with Crippen LogP contribution in [0.2, 0.25) is 0 Å². The molecule has 1 heterocycles. The zero-order chi connectivity index (χ0) is 39.9. The summed E-state index contributed by atoms with van der Waals surface area (Å²) in [7, 11) is 2.46. The maximum absolute atomic E-state index is 12.8. The van der Waals surface area contributed by atoms with Gasteiger partial charge in [0, 0.05) is 66.1 Å². The fourth-order valence-corrected chi connectivity index (χ4v) is 6.40. The largest absolute Gasteiger partial charge is 0.548 e. The second kappa shape index (κ2) is 26.7. The lowest BCUT2D eigenvalue weighted by atomic mass is 10.0. The molecule has 5 atom stereocenters. The van der Waals surface area contributed by atoms with Crippen molar-refractivity contribution >= 4 is 17.9 Å². The summed E-state index contributed by atoms with van der Waals surface area (Å²) in [5, 5.41) is 63.4. The number of ether oxygens (including phenoxy) is 5. The number of hydrogen-bond acceptors (Lipinski definition) is 17. The number of nitrogens with zero attached hydrogens (tertiary/aromatic N) is 4. The Hall–Kier alpha value is -3.01. The van der Waals surface area contributed by atoms with E-state index < -0.39 is 68.2 Å². The first-order valence-corrected chi connectivity index (χ1v) is 18.4. The van der Waals surface area contributed by atoms with Gasteiger partial charge in [-0.25, -0.2) is 0 Å². The number of carbonyl (C=O) groups excluding carboxylic acids is 2. The lowest BCUT2D eigenvalue weighted by molar-refractivity contribution is -0.312. The molecule has 1 saturated heterocycles. The van der Waals surface area contributed by atoms with E-state index in [2.05, 4.69) is 0 Å². The van der Waals surface area contributed by atoms with Crippen molar-refractivity contribution in [3.05, 3.63) is 29.8 Å². The number of carboxylic acid groups (broad SMARTS) is 2. The molecule has 18 heteroatoms. The highest BCUT2D eigenvalue weighted by molar-refractivity contribution is 5.76. The Labute approximate surface area is 317 Å². The molecule has 1 aromatic carbocycles. The molecule has 0 saturated carbocycles. The molecule has 18 nitrogen and oxygen atoms in total. The summed E-state index contributed by atoms with van der Waals surface area (Å²) in [5.41, 5.74) is 0.985. The summed E-state index contributed by atoms with van der Waals surface area (Å²) < 4.78 is 26.4.